The van der Waals surface area contributed by atoms with Gasteiger partial charge in [-0.05, 0) is 48.7 Å². The van der Waals surface area contributed by atoms with Gasteiger partial charge in [0, 0.05) is 5.92 Å². The molecule has 11 heteroatoms. The molecule has 1 aromatic heterocycles. The van der Waals surface area contributed by atoms with Gasteiger partial charge in [0.15, 0.2) is 11.5 Å². The van der Waals surface area contributed by atoms with E-state index in [-0.39, 0.29) is 28.7 Å². The molecule has 170 valence electrons. The highest BCUT2D eigenvalue weighted by atomic mass is 32.2. The normalized spacial score (nSPS) is 15.4. The smallest absolute Gasteiger partial charge is 0.434 e. The van der Waals surface area contributed by atoms with Gasteiger partial charge in [-0.3, -0.25) is 0 Å². The maximum Gasteiger partial charge on any atom is 0.434 e. The Morgan fingerprint density at radius 2 is 1.91 bits per heavy atom. The molecule has 3 aromatic rings. The van der Waals surface area contributed by atoms with Crippen molar-refractivity contribution >= 4 is 10.0 Å². The average molecular weight is 463 g/mol. The maximum absolute atomic E-state index is 14.8. The van der Waals surface area contributed by atoms with E-state index in [9.17, 15) is 17.6 Å². The van der Waals surface area contributed by atoms with Crippen molar-refractivity contribution in [2.24, 2.45) is 0 Å². The lowest BCUT2D eigenvalue weighted by Crippen LogP contribution is -2.33. The van der Waals surface area contributed by atoms with Crippen molar-refractivity contribution in [2.45, 2.75) is 37.6 Å². The lowest BCUT2D eigenvalue weighted by molar-refractivity contribution is 0.167. The lowest BCUT2D eigenvalue weighted by Gasteiger charge is -2.26. The Bertz CT molecular complexity index is 1320. The number of aromatic amines is 1. The van der Waals surface area contributed by atoms with Crippen molar-refractivity contribution in [1.82, 2.24) is 14.9 Å². The van der Waals surface area contributed by atoms with E-state index in [1.165, 1.54) is 18.2 Å². The van der Waals surface area contributed by atoms with Crippen molar-refractivity contribution in [3.63, 3.8) is 0 Å². The summed E-state index contributed by atoms with van der Waals surface area (Å²) in [6.07, 6.45) is 0. The first-order chi connectivity index (χ1) is 15.2. The number of nitrogens with one attached hydrogen (secondary N) is 2. The number of hydrogen-bond acceptors (Lipinski definition) is 7. The summed E-state index contributed by atoms with van der Waals surface area (Å²) in [4.78, 5) is 11.4. The lowest BCUT2D eigenvalue weighted by atomic mass is 9.88. The monoisotopic (exact) mass is 463 g/mol. The molecular formula is C21H22FN3O6S. The molecule has 2 unspecified atom stereocenters. The fraction of sp³-hybridized carbons (Fsp3) is 0.333. The third kappa shape index (κ3) is 4.00. The molecular weight excluding hydrogens is 441 g/mol. The quantitative estimate of drug-likeness (QED) is 0.576. The minimum Gasteiger partial charge on any atom is -0.486 e. The van der Waals surface area contributed by atoms with Gasteiger partial charge >= 0.3 is 5.76 Å². The molecule has 0 fully saturated rings. The third-order valence-electron chi connectivity index (χ3n) is 5.51. The molecule has 2 aromatic carbocycles. The number of hydrogen-bond donors (Lipinski definition) is 2. The Kier molecular flexibility index (Phi) is 5.78. The second kappa shape index (κ2) is 8.40. The highest BCUT2D eigenvalue weighted by Gasteiger charge is 2.35. The number of H-pyrrole nitrogens is 1. The van der Waals surface area contributed by atoms with Crippen molar-refractivity contribution < 1.29 is 26.7 Å². The molecule has 0 radical (unpaired) electrons. The Morgan fingerprint density at radius 1 is 1.16 bits per heavy atom. The molecule has 0 saturated heterocycles. The molecule has 2 N–H and O–H groups in total. The van der Waals surface area contributed by atoms with Crippen LogP contribution in [0.2, 0.25) is 0 Å². The predicted molar refractivity (Wildman–Crippen MR) is 112 cm³/mol. The maximum atomic E-state index is 14.8. The predicted octanol–water partition coefficient (Wildman–Crippen LogP) is 2.71. The Morgan fingerprint density at radius 3 is 2.62 bits per heavy atom. The second-order valence-corrected chi connectivity index (χ2v) is 9.20. The number of ether oxygens (including phenoxy) is 2. The molecule has 1 aliphatic rings. The van der Waals surface area contributed by atoms with Crippen molar-refractivity contribution in [3.8, 4) is 11.5 Å². The molecule has 0 aliphatic carbocycles. The zero-order chi connectivity index (χ0) is 23.0. The average Bonchev–Trinajstić information content (AvgIpc) is 3.20. The van der Waals surface area contributed by atoms with Gasteiger partial charge in [-0.2, -0.15) is 4.72 Å². The van der Waals surface area contributed by atoms with Crippen molar-refractivity contribution in [1.29, 1.82) is 0 Å². The van der Waals surface area contributed by atoms with Crippen LogP contribution in [0.5, 0.6) is 11.5 Å². The summed E-state index contributed by atoms with van der Waals surface area (Å²) in [7, 11) is -4.22. The van der Waals surface area contributed by atoms with Crippen LogP contribution in [-0.4, -0.2) is 31.8 Å². The van der Waals surface area contributed by atoms with Crippen LogP contribution in [0.1, 0.15) is 41.5 Å². The molecule has 2 heterocycles. The van der Waals surface area contributed by atoms with Gasteiger partial charge in [0.05, 0.1) is 0 Å². The summed E-state index contributed by atoms with van der Waals surface area (Å²) in [5.41, 5.74) is 1.78. The first-order valence-electron chi connectivity index (χ1n) is 9.91. The summed E-state index contributed by atoms with van der Waals surface area (Å²) < 4.78 is 60.1. The van der Waals surface area contributed by atoms with E-state index < -0.39 is 33.6 Å². The van der Waals surface area contributed by atoms with Crippen LogP contribution in [0.15, 0.2) is 44.4 Å². The molecule has 32 heavy (non-hydrogen) atoms. The number of benzene rings is 2. The van der Waals surface area contributed by atoms with E-state index in [1.54, 1.807) is 26.0 Å². The van der Waals surface area contributed by atoms with E-state index in [1.807, 2.05) is 6.92 Å². The number of sulfonamides is 1. The van der Waals surface area contributed by atoms with Crippen LogP contribution in [0, 0.1) is 19.7 Å². The van der Waals surface area contributed by atoms with Crippen LogP contribution >= 0.6 is 0 Å². The Balaban J connectivity index is 1.80. The fourth-order valence-electron chi connectivity index (χ4n) is 3.76. The van der Waals surface area contributed by atoms with Gasteiger partial charge in [0.1, 0.15) is 30.0 Å². The zero-order valence-electron chi connectivity index (χ0n) is 17.6. The number of nitrogens with zero attached hydrogens (tertiary/aromatic N) is 1. The highest BCUT2D eigenvalue weighted by Crippen LogP contribution is 2.39. The molecule has 2 atom stereocenters. The van der Waals surface area contributed by atoms with E-state index in [0.29, 0.717) is 17.9 Å². The van der Waals surface area contributed by atoms with Gasteiger partial charge in [-0.15, -0.1) is 5.10 Å². The second-order valence-electron chi connectivity index (χ2n) is 7.52. The highest BCUT2D eigenvalue weighted by molar-refractivity contribution is 7.89. The van der Waals surface area contributed by atoms with E-state index in [4.69, 9.17) is 13.9 Å². The summed E-state index contributed by atoms with van der Waals surface area (Å²) >= 11 is 0. The summed E-state index contributed by atoms with van der Waals surface area (Å²) in [5, 5.41) is 5.93. The standard InChI is InChI=1S/C21H22FN3O6S/c1-11-7-8-14(22)17(12(11)2)13(3)18(20-23-24-21(26)31-20)25-32(27,28)16-6-4-5-15-19(16)30-10-9-29-15/h4-8,13,18,25H,9-10H2,1-3H3,(H,24,26). The van der Waals surface area contributed by atoms with E-state index in [0.717, 1.165) is 5.56 Å². The topological polar surface area (TPSA) is 124 Å². The van der Waals surface area contributed by atoms with Crippen LogP contribution < -0.4 is 20.0 Å². The van der Waals surface area contributed by atoms with Crippen LogP contribution in [0.3, 0.4) is 0 Å². The summed E-state index contributed by atoms with van der Waals surface area (Å²) in [6.45, 7) is 5.70. The minimum atomic E-state index is -4.22. The molecule has 0 saturated carbocycles. The molecule has 0 spiro atoms. The van der Waals surface area contributed by atoms with E-state index >= 15 is 0 Å². The summed E-state index contributed by atoms with van der Waals surface area (Å²) in [6, 6.07) is 6.28. The SMILES string of the molecule is Cc1ccc(F)c(C(C)C(NS(=O)(=O)c2cccc3c2OCCO3)c2n[nH]c(=O)o2)c1C. The van der Waals surface area contributed by atoms with Gasteiger partial charge in [0.2, 0.25) is 15.9 Å². The largest absolute Gasteiger partial charge is 0.486 e. The van der Waals surface area contributed by atoms with Gasteiger partial charge in [-0.25, -0.2) is 22.7 Å². The van der Waals surface area contributed by atoms with Crippen molar-refractivity contribution in [3.05, 3.63) is 69.3 Å². The number of fused-ring (bicyclic) bond motifs is 1. The van der Waals surface area contributed by atoms with Gasteiger partial charge in [0.25, 0.3) is 0 Å². The number of para-hydroxylation sites is 1. The van der Waals surface area contributed by atoms with Crippen molar-refractivity contribution in [2.75, 3.05) is 13.2 Å². The molecule has 0 bridgehead atoms. The zero-order valence-corrected chi connectivity index (χ0v) is 18.5. The number of rotatable bonds is 6. The first kappa shape index (κ1) is 22.0. The first-order valence-corrected chi connectivity index (χ1v) is 11.4. The molecule has 4 rings (SSSR count). The minimum absolute atomic E-state index is 0.0825. The summed E-state index contributed by atoms with van der Waals surface area (Å²) in [5.74, 6) is -1.96. The number of aryl methyl sites for hydroxylation is 1. The Labute approximate surface area is 183 Å². The molecule has 1 aliphatic heterocycles. The van der Waals surface area contributed by atoms with Crippen LogP contribution in [-0.2, 0) is 10.0 Å². The van der Waals surface area contributed by atoms with Gasteiger partial charge in [-0.1, -0.05) is 19.1 Å². The Hall–Kier alpha value is -3.18. The van der Waals surface area contributed by atoms with E-state index in [2.05, 4.69) is 14.9 Å². The fourth-order valence-corrected chi connectivity index (χ4v) is 5.19. The molecule has 9 nitrogen and oxygen atoms in total. The van der Waals surface area contributed by atoms with Crippen LogP contribution in [0.4, 0.5) is 4.39 Å². The van der Waals surface area contributed by atoms with Gasteiger partial charge < -0.3 is 13.9 Å². The van der Waals surface area contributed by atoms with Crippen LogP contribution in [0.25, 0.3) is 0 Å². The number of halogens is 1. The third-order valence-corrected chi connectivity index (χ3v) is 6.97. The molecule has 0 amide bonds. The number of aromatic nitrogens is 2.